The van der Waals surface area contributed by atoms with Crippen LogP contribution in [0.1, 0.15) is 5.69 Å². The number of fused-ring (bicyclic) bond motifs is 3. The van der Waals surface area contributed by atoms with Crippen molar-refractivity contribution in [1.29, 1.82) is 0 Å². The lowest BCUT2D eigenvalue weighted by Crippen LogP contribution is -1.87. The Kier molecular flexibility index (Phi) is 2.18. The molecule has 0 saturated carbocycles. The number of nitrogens with zero attached hydrogens (tertiary/aromatic N) is 1. The van der Waals surface area contributed by atoms with Crippen molar-refractivity contribution in [3.8, 4) is 0 Å². The highest BCUT2D eigenvalue weighted by Gasteiger charge is 2.04. The predicted molar refractivity (Wildman–Crippen MR) is 71.7 cm³/mol. The molecule has 0 N–H and O–H groups in total. The quantitative estimate of drug-likeness (QED) is 0.550. The van der Waals surface area contributed by atoms with Gasteiger partial charge in [0.15, 0.2) is 0 Å². The molecule has 1 heterocycles. The maximum Gasteiger partial charge on any atom is 0.0712 e. The fraction of sp³-hybridized carbons (Fsp3) is 0.0714. The van der Waals surface area contributed by atoms with Crippen molar-refractivity contribution in [3.63, 3.8) is 0 Å². The molecular weight excluding hydrogens is 262 g/mol. The Morgan fingerprint density at radius 1 is 0.938 bits per heavy atom. The van der Waals surface area contributed by atoms with Gasteiger partial charge < -0.3 is 0 Å². The molecule has 0 unspecified atom stereocenters. The molecule has 1 nitrogen and oxygen atoms in total. The zero-order chi connectivity index (χ0) is 11.1. The fourth-order valence-electron chi connectivity index (χ4n) is 2.10. The molecule has 78 valence electrons. The van der Waals surface area contributed by atoms with Gasteiger partial charge in [-0.1, -0.05) is 40.2 Å². The van der Waals surface area contributed by atoms with Crippen molar-refractivity contribution in [3.05, 3.63) is 52.6 Å². The number of pyridine rings is 1. The van der Waals surface area contributed by atoms with Gasteiger partial charge >= 0.3 is 0 Å². The van der Waals surface area contributed by atoms with E-state index in [0.717, 1.165) is 15.7 Å². The van der Waals surface area contributed by atoms with Crippen LogP contribution < -0.4 is 0 Å². The van der Waals surface area contributed by atoms with Gasteiger partial charge in [0.25, 0.3) is 0 Å². The van der Waals surface area contributed by atoms with E-state index < -0.39 is 0 Å². The van der Waals surface area contributed by atoms with E-state index in [-0.39, 0.29) is 0 Å². The summed E-state index contributed by atoms with van der Waals surface area (Å²) in [7, 11) is 0. The summed E-state index contributed by atoms with van der Waals surface area (Å²) in [4.78, 5) is 4.62. The number of hydrogen-bond acceptors (Lipinski definition) is 1. The summed E-state index contributed by atoms with van der Waals surface area (Å²) < 4.78 is 1.09. The number of benzene rings is 2. The molecule has 0 aliphatic carbocycles. The lowest BCUT2D eigenvalue weighted by molar-refractivity contribution is 1.29. The average molecular weight is 272 g/mol. The van der Waals surface area contributed by atoms with Crippen LogP contribution in [0.3, 0.4) is 0 Å². The first kappa shape index (κ1) is 9.79. The minimum absolute atomic E-state index is 1.06. The maximum atomic E-state index is 4.62. The maximum absolute atomic E-state index is 4.62. The number of rotatable bonds is 0. The summed E-state index contributed by atoms with van der Waals surface area (Å²) in [5.41, 5.74) is 2.14. The third-order valence-electron chi connectivity index (χ3n) is 2.85. The molecule has 0 amide bonds. The Morgan fingerprint density at radius 3 is 2.50 bits per heavy atom. The second-order valence-corrected chi connectivity index (χ2v) is 4.82. The van der Waals surface area contributed by atoms with Crippen LogP contribution in [-0.4, -0.2) is 4.98 Å². The first-order valence-electron chi connectivity index (χ1n) is 5.20. The van der Waals surface area contributed by atoms with Crippen LogP contribution in [-0.2, 0) is 0 Å². The van der Waals surface area contributed by atoms with E-state index in [1.54, 1.807) is 0 Å². The zero-order valence-corrected chi connectivity index (χ0v) is 10.5. The van der Waals surface area contributed by atoms with Gasteiger partial charge in [-0.25, -0.2) is 0 Å². The van der Waals surface area contributed by atoms with Crippen molar-refractivity contribution in [2.24, 2.45) is 0 Å². The first-order chi connectivity index (χ1) is 7.75. The molecule has 2 aromatic carbocycles. The van der Waals surface area contributed by atoms with Crippen molar-refractivity contribution in [2.45, 2.75) is 6.92 Å². The molecule has 0 fully saturated rings. The van der Waals surface area contributed by atoms with E-state index in [4.69, 9.17) is 0 Å². The SMILES string of the molecule is Cc1nc2ccc(Br)cc2c2ccccc12. The number of hydrogen-bond donors (Lipinski definition) is 0. The van der Waals surface area contributed by atoms with Crippen LogP contribution >= 0.6 is 15.9 Å². The Labute approximate surface area is 102 Å². The molecule has 0 radical (unpaired) electrons. The summed E-state index contributed by atoms with van der Waals surface area (Å²) in [6, 6.07) is 14.6. The van der Waals surface area contributed by atoms with Crippen LogP contribution in [0.4, 0.5) is 0 Å². The van der Waals surface area contributed by atoms with Crippen LogP contribution in [0.15, 0.2) is 46.9 Å². The van der Waals surface area contributed by atoms with E-state index in [9.17, 15) is 0 Å². The third kappa shape index (κ3) is 1.41. The second-order valence-electron chi connectivity index (χ2n) is 3.90. The summed E-state index contributed by atoms with van der Waals surface area (Å²) in [5, 5.41) is 3.70. The van der Waals surface area contributed by atoms with E-state index in [0.29, 0.717) is 0 Å². The van der Waals surface area contributed by atoms with E-state index in [1.165, 1.54) is 16.2 Å². The number of aryl methyl sites for hydroxylation is 1. The zero-order valence-electron chi connectivity index (χ0n) is 8.87. The lowest BCUT2D eigenvalue weighted by Gasteiger charge is -2.06. The van der Waals surface area contributed by atoms with Crippen molar-refractivity contribution < 1.29 is 0 Å². The molecule has 0 saturated heterocycles. The molecule has 2 heteroatoms. The minimum atomic E-state index is 1.06. The van der Waals surface area contributed by atoms with Crippen molar-refractivity contribution >= 4 is 37.6 Å². The number of halogens is 1. The van der Waals surface area contributed by atoms with Crippen LogP contribution in [0.5, 0.6) is 0 Å². The fourth-order valence-corrected chi connectivity index (χ4v) is 2.46. The summed E-state index contributed by atoms with van der Waals surface area (Å²) >= 11 is 3.51. The molecule has 16 heavy (non-hydrogen) atoms. The van der Waals surface area contributed by atoms with Gasteiger partial charge in [-0.2, -0.15) is 0 Å². The average Bonchev–Trinajstić information content (AvgIpc) is 2.31. The Morgan fingerprint density at radius 2 is 1.69 bits per heavy atom. The summed E-state index contributed by atoms with van der Waals surface area (Å²) in [6.45, 7) is 2.06. The topological polar surface area (TPSA) is 12.9 Å². The van der Waals surface area contributed by atoms with Crippen LogP contribution in [0.2, 0.25) is 0 Å². The first-order valence-corrected chi connectivity index (χ1v) is 5.99. The van der Waals surface area contributed by atoms with E-state index >= 15 is 0 Å². The Hall–Kier alpha value is -1.41. The van der Waals surface area contributed by atoms with Gasteiger partial charge in [-0.3, -0.25) is 4.98 Å². The highest BCUT2D eigenvalue weighted by Crippen LogP contribution is 2.28. The molecule has 0 spiro atoms. The third-order valence-corrected chi connectivity index (χ3v) is 3.35. The lowest BCUT2D eigenvalue weighted by atomic mass is 10.0. The van der Waals surface area contributed by atoms with Gasteiger partial charge in [0, 0.05) is 20.9 Å². The normalized spacial score (nSPS) is 11.1. The monoisotopic (exact) mass is 271 g/mol. The molecule has 0 aliphatic heterocycles. The molecule has 3 aromatic rings. The largest absolute Gasteiger partial charge is 0.252 e. The van der Waals surface area contributed by atoms with Gasteiger partial charge in [-0.15, -0.1) is 0 Å². The number of aromatic nitrogens is 1. The van der Waals surface area contributed by atoms with Crippen molar-refractivity contribution in [1.82, 2.24) is 4.98 Å². The standard InChI is InChI=1S/C14H10BrN/c1-9-11-4-2-3-5-12(11)13-8-10(15)6-7-14(13)16-9/h2-8H,1H3. The van der Waals surface area contributed by atoms with Gasteiger partial charge in [0.05, 0.1) is 5.52 Å². The van der Waals surface area contributed by atoms with Crippen LogP contribution in [0, 0.1) is 6.92 Å². The molecular formula is C14H10BrN. The van der Waals surface area contributed by atoms with Gasteiger partial charge in [0.1, 0.15) is 0 Å². The Balaban J connectivity index is 2.61. The van der Waals surface area contributed by atoms with Gasteiger partial charge in [-0.05, 0) is 30.5 Å². The van der Waals surface area contributed by atoms with Crippen molar-refractivity contribution in [2.75, 3.05) is 0 Å². The molecule has 0 bridgehead atoms. The smallest absolute Gasteiger partial charge is 0.0712 e. The molecule has 0 atom stereocenters. The highest BCUT2D eigenvalue weighted by molar-refractivity contribution is 9.10. The van der Waals surface area contributed by atoms with E-state index in [1.807, 2.05) is 6.07 Å². The molecule has 0 aliphatic rings. The summed E-state index contributed by atoms with van der Waals surface area (Å²) in [5.74, 6) is 0. The van der Waals surface area contributed by atoms with Gasteiger partial charge in [0.2, 0.25) is 0 Å². The Bertz CT molecular complexity index is 689. The highest BCUT2D eigenvalue weighted by atomic mass is 79.9. The minimum Gasteiger partial charge on any atom is -0.252 e. The predicted octanol–water partition coefficient (Wildman–Crippen LogP) is 4.46. The summed E-state index contributed by atoms with van der Waals surface area (Å²) in [6.07, 6.45) is 0. The second kappa shape index (κ2) is 3.56. The molecule has 3 rings (SSSR count). The van der Waals surface area contributed by atoms with E-state index in [2.05, 4.69) is 64.2 Å². The molecule has 1 aromatic heterocycles. The van der Waals surface area contributed by atoms with Crippen LogP contribution in [0.25, 0.3) is 21.7 Å².